The largest absolute Gasteiger partial charge is 0.467 e. The van der Waals surface area contributed by atoms with Gasteiger partial charge in [-0.2, -0.15) is 0 Å². The summed E-state index contributed by atoms with van der Waals surface area (Å²) >= 11 is 0. The van der Waals surface area contributed by atoms with Gasteiger partial charge in [-0.25, -0.2) is 4.79 Å². The van der Waals surface area contributed by atoms with Gasteiger partial charge in [-0.3, -0.25) is 4.79 Å². The van der Waals surface area contributed by atoms with Crippen LogP contribution in [0.2, 0.25) is 0 Å². The summed E-state index contributed by atoms with van der Waals surface area (Å²) in [6.45, 7) is 6.04. The summed E-state index contributed by atoms with van der Waals surface area (Å²) in [5, 5.41) is 9.60. The van der Waals surface area contributed by atoms with Crippen LogP contribution >= 0.6 is 0 Å². The van der Waals surface area contributed by atoms with Crippen molar-refractivity contribution in [3.05, 3.63) is 11.6 Å². The second-order valence-electron chi connectivity index (χ2n) is 5.69. The first-order chi connectivity index (χ1) is 8.27. The molecule has 0 radical (unpaired) electrons. The molecule has 0 aromatic carbocycles. The van der Waals surface area contributed by atoms with Crippen molar-refractivity contribution in [1.82, 2.24) is 0 Å². The maximum absolute atomic E-state index is 11.5. The van der Waals surface area contributed by atoms with E-state index >= 15 is 0 Å². The monoisotopic (exact) mass is 254 g/mol. The third-order valence-corrected chi connectivity index (χ3v) is 3.71. The number of hydrogen-bond donors (Lipinski definition) is 1. The number of aliphatic hydroxyl groups is 1. The van der Waals surface area contributed by atoms with Crippen LogP contribution in [-0.2, 0) is 14.3 Å². The van der Waals surface area contributed by atoms with Gasteiger partial charge in [0.25, 0.3) is 0 Å². The molecule has 102 valence electrons. The van der Waals surface area contributed by atoms with Crippen molar-refractivity contribution in [2.75, 3.05) is 7.11 Å². The van der Waals surface area contributed by atoms with Gasteiger partial charge in [0.15, 0.2) is 11.9 Å². The molecule has 0 unspecified atom stereocenters. The fourth-order valence-electron chi connectivity index (χ4n) is 2.79. The van der Waals surface area contributed by atoms with Crippen molar-refractivity contribution in [1.29, 1.82) is 0 Å². The summed E-state index contributed by atoms with van der Waals surface area (Å²) in [6, 6.07) is 0. The molecule has 0 heterocycles. The van der Waals surface area contributed by atoms with Gasteiger partial charge in [-0.1, -0.05) is 19.4 Å². The molecule has 2 atom stereocenters. The van der Waals surface area contributed by atoms with Crippen LogP contribution in [0.1, 0.15) is 40.0 Å². The number of carbonyl (C=O) groups excluding carboxylic acids is 2. The quantitative estimate of drug-likeness (QED) is 0.778. The van der Waals surface area contributed by atoms with Gasteiger partial charge < -0.3 is 9.84 Å². The van der Waals surface area contributed by atoms with Gasteiger partial charge in [0.05, 0.1) is 7.11 Å². The molecule has 0 fully saturated rings. The minimum Gasteiger partial charge on any atom is -0.467 e. The predicted octanol–water partition coefficient (Wildman–Crippen LogP) is 1.86. The average Bonchev–Trinajstić information content (AvgIpc) is 2.24. The van der Waals surface area contributed by atoms with Gasteiger partial charge in [-0.05, 0) is 37.2 Å². The number of carbonyl (C=O) groups is 2. The number of hydrogen-bond acceptors (Lipinski definition) is 4. The summed E-state index contributed by atoms with van der Waals surface area (Å²) in [6.07, 6.45) is 2.17. The van der Waals surface area contributed by atoms with Crippen LogP contribution in [0.3, 0.4) is 0 Å². The van der Waals surface area contributed by atoms with Crippen LogP contribution in [0.5, 0.6) is 0 Å². The minimum atomic E-state index is -1.07. The van der Waals surface area contributed by atoms with Gasteiger partial charge in [0, 0.05) is 6.42 Å². The van der Waals surface area contributed by atoms with E-state index in [-0.39, 0.29) is 17.1 Å². The summed E-state index contributed by atoms with van der Waals surface area (Å²) in [7, 11) is 1.26. The Morgan fingerprint density at radius 3 is 2.72 bits per heavy atom. The van der Waals surface area contributed by atoms with E-state index in [1.54, 1.807) is 6.08 Å². The Kier molecular flexibility index (Phi) is 4.68. The first kappa shape index (κ1) is 14.9. The minimum absolute atomic E-state index is 0.119. The molecule has 1 N–H and O–H groups in total. The molecule has 0 aliphatic heterocycles. The highest BCUT2D eigenvalue weighted by Gasteiger charge is 2.36. The smallest absolute Gasteiger partial charge is 0.334 e. The van der Waals surface area contributed by atoms with Crippen molar-refractivity contribution in [3.8, 4) is 0 Å². The number of ketones is 1. The molecule has 0 amide bonds. The Labute approximate surface area is 108 Å². The topological polar surface area (TPSA) is 63.6 Å². The Hall–Kier alpha value is -1.16. The second-order valence-corrected chi connectivity index (χ2v) is 5.69. The van der Waals surface area contributed by atoms with E-state index in [1.165, 1.54) is 7.11 Å². The van der Waals surface area contributed by atoms with E-state index in [1.807, 2.05) is 6.92 Å². The molecule has 0 aromatic rings. The Bertz CT molecular complexity index is 368. The lowest BCUT2D eigenvalue weighted by Crippen LogP contribution is -2.33. The van der Waals surface area contributed by atoms with Crippen LogP contribution in [0.4, 0.5) is 0 Å². The molecule has 1 aliphatic rings. The molecule has 4 heteroatoms. The molecule has 1 aliphatic carbocycles. The van der Waals surface area contributed by atoms with Crippen LogP contribution in [0.15, 0.2) is 11.6 Å². The lowest BCUT2D eigenvalue weighted by Gasteiger charge is -2.38. The Morgan fingerprint density at radius 2 is 2.22 bits per heavy atom. The summed E-state index contributed by atoms with van der Waals surface area (Å²) in [4.78, 5) is 22.7. The highest BCUT2D eigenvalue weighted by Crippen LogP contribution is 2.42. The van der Waals surface area contributed by atoms with Crippen LogP contribution in [0.25, 0.3) is 0 Å². The normalized spacial score (nSPS) is 24.4. The fraction of sp³-hybridized carbons (Fsp3) is 0.714. The molecule has 0 saturated carbocycles. The zero-order valence-corrected chi connectivity index (χ0v) is 11.5. The van der Waals surface area contributed by atoms with E-state index in [4.69, 9.17) is 0 Å². The lowest BCUT2D eigenvalue weighted by molar-refractivity contribution is -0.151. The third-order valence-electron chi connectivity index (χ3n) is 3.71. The summed E-state index contributed by atoms with van der Waals surface area (Å²) < 4.78 is 4.49. The van der Waals surface area contributed by atoms with Crippen LogP contribution in [0, 0.1) is 11.3 Å². The number of aliphatic hydroxyl groups excluding tert-OH is 1. The molecule has 0 bridgehead atoms. The molecule has 18 heavy (non-hydrogen) atoms. The number of allylic oxidation sites excluding steroid dienone is 2. The van der Waals surface area contributed by atoms with Gasteiger partial charge >= 0.3 is 5.97 Å². The second kappa shape index (κ2) is 5.65. The predicted molar refractivity (Wildman–Crippen MR) is 67.9 cm³/mol. The van der Waals surface area contributed by atoms with E-state index < -0.39 is 12.1 Å². The highest BCUT2D eigenvalue weighted by atomic mass is 16.5. The number of esters is 1. The van der Waals surface area contributed by atoms with E-state index in [2.05, 4.69) is 18.6 Å². The van der Waals surface area contributed by atoms with Gasteiger partial charge in [-0.15, -0.1) is 0 Å². The molecule has 0 saturated heterocycles. The third kappa shape index (κ3) is 3.42. The molecular formula is C14H22O4. The molecule has 1 rings (SSSR count). The average molecular weight is 254 g/mol. The zero-order chi connectivity index (χ0) is 13.9. The highest BCUT2D eigenvalue weighted by molar-refractivity contribution is 5.92. The number of rotatable bonds is 4. The Balaban J connectivity index is 2.68. The van der Waals surface area contributed by atoms with E-state index in [0.717, 1.165) is 5.57 Å². The molecule has 4 nitrogen and oxygen atoms in total. The maximum atomic E-state index is 11.5. The first-order valence-electron chi connectivity index (χ1n) is 6.25. The zero-order valence-electron chi connectivity index (χ0n) is 11.5. The maximum Gasteiger partial charge on any atom is 0.334 e. The van der Waals surface area contributed by atoms with Gasteiger partial charge in [0.1, 0.15) is 0 Å². The number of methoxy groups -OCH3 is 1. The molecular weight excluding hydrogens is 232 g/mol. The fourth-order valence-corrected chi connectivity index (χ4v) is 2.79. The van der Waals surface area contributed by atoms with Crippen molar-refractivity contribution in [2.45, 2.75) is 46.1 Å². The van der Waals surface area contributed by atoms with Crippen molar-refractivity contribution < 1.29 is 19.4 Å². The SMILES string of the molecule is COC(=O)[C@H](O)CC[C@@H]1C(C)=CC(=O)CC1(C)C. The molecule has 0 aromatic heterocycles. The standard InChI is InChI=1S/C14H22O4/c1-9-7-10(15)8-14(2,3)11(9)5-6-12(16)13(17)18-4/h7,11-12,16H,5-6,8H2,1-4H3/t11-,12-/m1/s1. The van der Waals surface area contributed by atoms with Crippen molar-refractivity contribution in [2.24, 2.45) is 11.3 Å². The summed E-state index contributed by atoms with van der Waals surface area (Å²) in [5.41, 5.74) is 0.916. The molecule has 0 spiro atoms. The van der Waals surface area contributed by atoms with Crippen LogP contribution in [-0.4, -0.2) is 30.1 Å². The Morgan fingerprint density at radius 1 is 1.61 bits per heavy atom. The van der Waals surface area contributed by atoms with Crippen LogP contribution < -0.4 is 0 Å². The van der Waals surface area contributed by atoms with Gasteiger partial charge in [0.2, 0.25) is 0 Å². The first-order valence-corrected chi connectivity index (χ1v) is 6.25. The summed E-state index contributed by atoms with van der Waals surface area (Å²) in [5.74, 6) is -0.224. The lowest BCUT2D eigenvalue weighted by atomic mass is 9.66. The number of ether oxygens (including phenoxy) is 1. The van der Waals surface area contributed by atoms with E-state index in [9.17, 15) is 14.7 Å². The van der Waals surface area contributed by atoms with Crippen molar-refractivity contribution in [3.63, 3.8) is 0 Å². The van der Waals surface area contributed by atoms with Crippen molar-refractivity contribution >= 4 is 11.8 Å². The van der Waals surface area contributed by atoms with E-state index in [0.29, 0.717) is 19.3 Å².